The third kappa shape index (κ3) is 3.79. The van der Waals surface area contributed by atoms with E-state index in [4.69, 9.17) is 4.74 Å². The minimum Gasteiger partial charge on any atom is -0.494 e. The van der Waals surface area contributed by atoms with Crippen LogP contribution in [0.15, 0.2) is 42.5 Å². The third-order valence-electron chi connectivity index (χ3n) is 3.52. The van der Waals surface area contributed by atoms with E-state index in [-0.39, 0.29) is 29.5 Å². The fourth-order valence-corrected chi connectivity index (χ4v) is 2.29. The van der Waals surface area contributed by atoms with E-state index in [1.54, 1.807) is 18.2 Å². The highest BCUT2D eigenvalue weighted by Crippen LogP contribution is 2.24. The molecule has 2 aromatic rings. The highest BCUT2D eigenvalue weighted by molar-refractivity contribution is 5.32. The van der Waals surface area contributed by atoms with Gasteiger partial charge in [0.25, 0.3) is 0 Å². The number of hydrogen-bond donors (Lipinski definition) is 1. The summed E-state index contributed by atoms with van der Waals surface area (Å²) in [5.74, 6) is -0.413. The molecule has 0 aliphatic rings. The molecule has 0 heterocycles. The Morgan fingerprint density at radius 1 is 0.952 bits per heavy atom. The zero-order chi connectivity index (χ0) is 15.4. The van der Waals surface area contributed by atoms with Gasteiger partial charge in [-0.15, -0.1) is 0 Å². The van der Waals surface area contributed by atoms with Gasteiger partial charge in [-0.25, -0.2) is 8.78 Å². The fourth-order valence-electron chi connectivity index (χ4n) is 2.29. The van der Waals surface area contributed by atoms with Crippen molar-refractivity contribution in [2.75, 3.05) is 7.11 Å². The highest BCUT2D eigenvalue weighted by atomic mass is 19.1. The maximum Gasteiger partial charge on any atom is 0.165 e. The number of halogens is 2. The zero-order valence-corrected chi connectivity index (χ0v) is 12.4. The molecule has 2 atom stereocenters. The first-order valence-electron chi connectivity index (χ1n) is 6.86. The minimum atomic E-state index is -0.383. The maximum absolute atomic E-state index is 13.4. The van der Waals surface area contributed by atoms with E-state index < -0.39 is 0 Å². The summed E-state index contributed by atoms with van der Waals surface area (Å²) >= 11 is 0. The minimum absolute atomic E-state index is 0.0160. The quantitative estimate of drug-likeness (QED) is 0.882. The van der Waals surface area contributed by atoms with Gasteiger partial charge in [-0.05, 0) is 49.2 Å². The molecule has 0 saturated heterocycles. The van der Waals surface area contributed by atoms with Crippen LogP contribution >= 0.6 is 0 Å². The molecule has 112 valence electrons. The first kappa shape index (κ1) is 15.4. The lowest BCUT2D eigenvalue weighted by Crippen LogP contribution is -2.22. The van der Waals surface area contributed by atoms with Gasteiger partial charge in [-0.1, -0.05) is 18.2 Å². The van der Waals surface area contributed by atoms with Crippen LogP contribution in [0.3, 0.4) is 0 Å². The van der Waals surface area contributed by atoms with Crippen molar-refractivity contribution >= 4 is 0 Å². The second-order valence-electron chi connectivity index (χ2n) is 5.06. The lowest BCUT2D eigenvalue weighted by Gasteiger charge is -2.21. The van der Waals surface area contributed by atoms with Crippen molar-refractivity contribution in [1.82, 2.24) is 5.32 Å². The fraction of sp³-hybridized carbons (Fsp3) is 0.294. The van der Waals surface area contributed by atoms with E-state index in [2.05, 4.69) is 5.32 Å². The monoisotopic (exact) mass is 291 g/mol. The Labute approximate surface area is 123 Å². The zero-order valence-electron chi connectivity index (χ0n) is 12.4. The normalized spacial score (nSPS) is 13.8. The van der Waals surface area contributed by atoms with Crippen LogP contribution in [0, 0.1) is 11.6 Å². The van der Waals surface area contributed by atoms with E-state index in [0.29, 0.717) is 0 Å². The number of benzene rings is 2. The molecule has 0 spiro atoms. The first-order valence-corrected chi connectivity index (χ1v) is 6.86. The Morgan fingerprint density at radius 2 is 1.62 bits per heavy atom. The summed E-state index contributed by atoms with van der Waals surface area (Å²) in [5.41, 5.74) is 1.78. The molecule has 2 nitrogen and oxygen atoms in total. The average Bonchev–Trinajstić information content (AvgIpc) is 2.47. The molecular formula is C17H19F2NO. The number of rotatable bonds is 5. The van der Waals surface area contributed by atoms with E-state index in [1.165, 1.54) is 25.3 Å². The summed E-state index contributed by atoms with van der Waals surface area (Å²) in [5, 5.41) is 3.37. The van der Waals surface area contributed by atoms with Crippen molar-refractivity contribution in [3.63, 3.8) is 0 Å². The second-order valence-corrected chi connectivity index (χ2v) is 5.06. The summed E-state index contributed by atoms with van der Waals surface area (Å²) in [7, 11) is 1.44. The molecule has 21 heavy (non-hydrogen) atoms. The summed E-state index contributed by atoms with van der Waals surface area (Å²) in [4.78, 5) is 0. The molecule has 0 aromatic heterocycles. The number of nitrogens with one attached hydrogen (secondary N) is 1. The maximum atomic E-state index is 13.4. The standard InChI is InChI=1S/C17H19F2NO/c1-11(13-5-4-6-15(18)9-13)20-12(2)14-7-8-16(19)17(10-14)21-3/h4-12,20H,1-3H3/t11-,12?/m0/s1. The van der Waals surface area contributed by atoms with Gasteiger partial charge in [0, 0.05) is 12.1 Å². The average molecular weight is 291 g/mol. The Bertz CT molecular complexity index is 615. The van der Waals surface area contributed by atoms with E-state index >= 15 is 0 Å². The van der Waals surface area contributed by atoms with Crippen molar-refractivity contribution in [2.24, 2.45) is 0 Å². The Kier molecular flexibility index (Phi) is 4.91. The van der Waals surface area contributed by atoms with Crippen LogP contribution < -0.4 is 10.1 Å². The number of hydrogen-bond acceptors (Lipinski definition) is 2. The molecule has 2 aromatic carbocycles. The molecule has 1 N–H and O–H groups in total. The summed E-state index contributed by atoms with van der Waals surface area (Å²) in [6.45, 7) is 3.94. The van der Waals surface area contributed by atoms with Crippen LogP contribution in [0.4, 0.5) is 8.78 Å². The van der Waals surface area contributed by atoms with Crippen LogP contribution in [0.5, 0.6) is 5.75 Å². The van der Waals surface area contributed by atoms with Crippen molar-refractivity contribution in [3.8, 4) is 5.75 Å². The van der Waals surface area contributed by atoms with Crippen LogP contribution in [-0.4, -0.2) is 7.11 Å². The Hall–Kier alpha value is -1.94. The summed E-state index contributed by atoms with van der Waals surface area (Å²) in [6, 6.07) is 11.2. The van der Waals surface area contributed by atoms with Gasteiger partial charge >= 0.3 is 0 Å². The molecule has 0 aliphatic heterocycles. The lowest BCUT2D eigenvalue weighted by molar-refractivity contribution is 0.384. The van der Waals surface area contributed by atoms with Crippen molar-refractivity contribution < 1.29 is 13.5 Å². The molecule has 0 bridgehead atoms. The van der Waals surface area contributed by atoms with Crippen LogP contribution in [0.1, 0.15) is 37.1 Å². The molecule has 0 radical (unpaired) electrons. The van der Waals surface area contributed by atoms with Crippen molar-refractivity contribution in [2.45, 2.75) is 25.9 Å². The lowest BCUT2D eigenvalue weighted by atomic mass is 10.0. The highest BCUT2D eigenvalue weighted by Gasteiger charge is 2.13. The predicted octanol–water partition coefficient (Wildman–Crippen LogP) is 4.39. The molecule has 0 fully saturated rings. The predicted molar refractivity (Wildman–Crippen MR) is 79.3 cm³/mol. The van der Waals surface area contributed by atoms with Gasteiger partial charge < -0.3 is 10.1 Å². The van der Waals surface area contributed by atoms with Crippen molar-refractivity contribution in [3.05, 3.63) is 65.2 Å². The van der Waals surface area contributed by atoms with Gasteiger partial charge in [-0.2, -0.15) is 0 Å². The van der Waals surface area contributed by atoms with E-state index in [1.807, 2.05) is 19.9 Å². The van der Waals surface area contributed by atoms with Gasteiger partial charge in [-0.3, -0.25) is 0 Å². The van der Waals surface area contributed by atoms with Gasteiger partial charge in [0.1, 0.15) is 5.82 Å². The van der Waals surface area contributed by atoms with Gasteiger partial charge in [0.2, 0.25) is 0 Å². The summed E-state index contributed by atoms with van der Waals surface area (Å²) in [6.07, 6.45) is 0. The summed E-state index contributed by atoms with van der Waals surface area (Å²) < 4.78 is 31.7. The first-order chi connectivity index (χ1) is 10.0. The molecule has 4 heteroatoms. The van der Waals surface area contributed by atoms with Crippen molar-refractivity contribution in [1.29, 1.82) is 0 Å². The smallest absolute Gasteiger partial charge is 0.165 e. The molecule has 0 amide bonds. The SMILES string of the molecule is COc1cc(C(C)N[C@@H](C)c2cccc(F)c2)ccc1F. The molecule has 1 unspecified atom stereocenters. The molecule has 0 aliphatic carbocycles. The van der Waals surface area contributed by atoms with Gasteiger partial charge in [0.15, 0.2) is 11.6 Å². The van der Waals surface area contributed by atoms with Crippen LogP contribution in [-0.2, 0) is 0 Å². The largest absolute Gasteiger partial charge is 0.494 e. The molecular weight excluding hydrogens is 272 g/mol. The van der Waals surface area contributed by atoms with Crippen LogP contribution in [0.25, 0.3) is 0 Å². The Balaban J connectivity index is 2.12. The van der Waals surface area contributed by atoms with E-state index in [0.717, 1.165) is 11.1 Å². The Morgan fingerprint density at radius 3 is 2.24 bits per heavy atom. The number of methoxy groups -OCH3 is 1. The van der Waals surface area contributed by atoms with Gasteiger partial charge in [0.05, 0.1) is 7.11 Å². The third-order valence-corrected chi connectivity index (χ3v) is 3.52. The van der Waals surface area contributed by atoms with Crippen LogP contribution in [0.2, 0.25) is 0 Å². The molecule has 2 rings (SSSR count). The topological polar surface area (TPSA) is 21.3 Å². The molecule has 0 saturated carbocycles. The van der Waals surface area contributed by atoms with E-state index in [9.17, 15) is 8.78 Å². The number of ether oxygens (including phenoxy) is 1. The second kappa shape index (κ2) is 6.68.